The predicted octanol–water partition coefficient (Wildman–Crippen LogP) is 1.29. The lowest BCUT2D eigenvalue weighted by Crippen LogP contribution is -2.37. The van der Waals surface area contributed by atoms with Gasteiger partial charge in [-0.25, -0.2) is 5.84 Å². The molecule has 1 rings (SSSR count). The van der Waals surface area contributed by atoms with Gasteiger partial charge in [0.15, 0.2) is 0 Å². The van der Waals surface area contributed by atoms with Gasteiger partial charge in [0.2, 0.25) is 0 Å². The van der Waals surface area contributed by atoms with Crippen LogP contribution in [0.5, 0.6) is 0 Å². The van der Waals surface area contributed by atoms with Gasteiger partial charge in [0.25, 0.3) is 0 Å². The number of aliphatic hydroxyl groups is 1. The lowest BCUT2D eigenvalue weighted by atomic mass is 9.93. The van der Waals surface area contributed by atoms with E-state index in [1.807, 2.05) is 0 Å². The Balaban J connectivity index is 0.000000982. The molecule has 1 atom stereocenters. The smallest absolute Gasteiger partial charge is 0.108 e. The second-order valence-corrected chi connectivity index (χ2v) is 4.96. The van der Waals surface area contributed by atoms with Crippen molar-refractivity contribution in [1.29, 1.82) is 0 Å². The van der Waals surface area contributed by atoms with Crippen molar-refractivity contribution in [2.45, 2.75) is 58.6 Å². The molecule has 0 heterocycles. The zero-order valence-corrected chi connectivity index (χ0v) is 12.8. The molecule has 5 heteroatoms. The van der Waals surface area contributed by atoms with E-state index in [1.165, 1.54) is 30.5 Å². The van der Waals surface area contributed by atoms with Gasteiger partial charge in [-0.15, -0.1) is 0 Å². The molecule has 0 aromatic heterocycles. The van der Waals surface area contributed by atoms with Crippen LogP contribution in [0, 0.1) is 0 Å². The number of nitrogens with zero attached hydrogens (tertiary/aromatic N) is 1. The van der Waals surface area contributed by atoms with Crippen LogP contribution in [0.3, 0.4) is 0 Å². The zero-order chi connectivity index (χ0) is 14.7. The van der Waals surface area contributed by atoms with Crippen molar-refractivity contribution >= 4 is 0 Å². The fraction of sp³-hybridized carbons (Fsp3) is 0.857. The fourth-order valence-electron chi connectivity index (χ4n) is 2.13. The van der Waals surface area contributed by atoms with Gasteiger partial charge >= 0.3 is 0 Å². The van der Waals surface area contributed by atoms with E-state index in [2.05, 4.69) is 19.2 Å². The number of hydrazine groups is 1. The van der Waals surface area contributed by atoms with Gasteiger partial charge in [-0.05, 0) is 38.3 Å². The predicted molar refractivity (Wildman–Crippen MR) is 81.1 cm³/mol. The second kappa shape index (κ2) is 11.2. The first-order valence-corrected chi connectivity index (χ1v) is 7.39. The van der Waals surface area contributed by atoms with Gasteiger partial charge in [-0.1, -0.05) is 20.3 Å². The molecule has 0 amide bonds. The molecule has 0 aliphatic heterocycles. The molecule has 0 saturated heterocycles. The van der Waals surface area contributed by atoms with Gasteiger partial charge in [-0.2, -0.15) is 0 Å². The first-order chi connectivity index (χ1) is 9.10. The molecule has 1 unspecified atom stereocenters. The Morgan fingerprint density at radius 2 is 1.89 bits per heavy atom. The van der Waals surface area contributed by atoms with Crippen molar-refractivity contribution in [3.63, 3.8) is 0 Å². The largest absolute Gasteiger partial charge is 0.378 e. The standard InChI is InChI=1S/C11H24N4O.C3H8/c1-14-11(16)8-9-4-2-3-5-10(9)15(13)7-6-12;1-3-2/h11,14,16H,2-8,12-13H2,1H3;3H2,1-2H3. The summed E-state index contributed by atoms with van der Waals surface area (Å²) in [6.07, 6.45) is 5.83. The molecule has 0 bridgehead atoms. The van der Waals surface area contributed by atoms with Crippen molar-refractivity contribution in [2.24, 2.45) is 11.6 Å². The van der Waals surface area contributed by atoms with E-state index in [0.717, 1.165) is 12.8 Å². The van der Waals surface area contributed by atoms with Gasteiger partial charge in [0, 0.05) is 25.2 Å². The Bertz CT molecular complexity index is 256. The van der Waals surface area contributed by atoms with E-state index in [1.54, 1.807) is 12.1 Å². The SMILES string of the molecule is CCC.CNC(O)CC1=C(N(N)CCN)CCCC1. The molecule has 0 saturated carbocycles. The van der Waals surface area contributed by atoms with Crippen LogP contribution in [0.1, 0.15) is 52.4 Å². The summed E-state index contributed by atoms with van der Waals surface area (Å²) in [5.41, 5.74) is 7.94. The van der Waals surface area contributed by atoms with Crippen molar-refractivity contribution in [2.75, 3.05) is 20.1 Å². The highest BCUT2D eigenvalue weighted by molar-refractivity contribution is 5.16. The van der Waals surface area contributed by atoms with E-state index in [9.17, 15) is 5.11 Å². The van der Waals surface area contributed by atoms with E-state index in [-0.39, 0.29) is 0 Å². The molecular formula is C14H32N4O. The number of nitrogens with one attached hydrogen (secondary N) is 1. The van der Waals surface area contributed by atoms with Crippen LogP contribution in [-0.2, 0) is 0 Å². The van der Waals surface area contributed by atoms with Crippen LogP contribution in [0.25, 0.3) is 0 Å². The van der Waals surface area contributed by atoms with Crippen molar-refractivity contribution in [1.82, 2.24) is 10.3 Å². The second-order valence-electron chi connectivity index (χ2n) is 4.96. The van der Waals surface area contributed by atoms with Crippen LogP contribution < -0.4 is 16.9 Å². The Morgan fingerprint density at radius 1 is 1.32 bits per heavy atom. The summed E-state index contributed by atoms with van der Waals surface area (Å²) in [6.45, 7) is 5.48. The number of allylic oxidation sites excluding steroid dienone is 1. The number of rotatable bonds is 6. The summed E-state index contributed by atoms with van der Waals surface area (Å²) in [7, 11) is 1.76. The molecule has 0 radical (unpaired) electrons. The summed E-state index contributed by atoms with van der Waals surface area (Å²) in [5.74, 6) is 5.96. The summed E-state index contributed by atoms with van der Waals surface area (Å²) >= 11 is 0. The molecule has 0 aromatic rings. The highest BCUT2D eigenvalue weighted by Crippen LogP contribution is 2.28. The highest BCUT2D eigenvalue weighted by atomic mass is 16.3. The molecule has 114 valence electrons. The Kier molecular flexibility index (Phi) is 10.9. The van der Waals surface area contributed by atoms with Crippen LogP contribution in [0.15, 0.2) is 11.3 Å². The Hall–Kier alpha value is -0.620. The van der Waals surface area contributed by atoms with Crippen LogP contribution >= 0.6 is 0 Å². The maximum atomic E-state index is 9.61. The van der Waals surface area contributed by atoms with Crippen molar-refractivity contribution in [3.05, 3.63) is 11.3 Å². The normalized spacial score (nSPS) is 16.7. The number of hydrogen-bond donors (Lipinski definition) is 4. The molecule has 1 aliphatic rings. The molecule has 5 nitrogen and oxygen atoms in total. The fourth-order valence-corrected chi connectivity index (χ4v) is 2.13. The molecular weight excluding hydrogens is 240 g/mol. The molecule has 0 spiro atoms. The van der Waals surface area contributed by atoms with Crippen LogP contribution in [-0.4, -0.2) is 36.5 Å². The molecule has 0 aromatic carbocycles. The lowest BCUT2D eigenvalue weighted by Gasteiger charge is -2.29. The summed E-state index contributed by atoms with van der Waals surface area (Å²) in [6, 6.07) is 0. The third-order valence-electron chi connectivity index (χ3n) is 3.04. The third kappa shape index (κ3) is 7.52. The first kappa shape index (κ1) is 18.4. The molecule has 1 aliphatic carbocycles. The first-order valence-electron chi connectivity index (χ1n) is 7.39. The third-order valence-corrected chi connectivity index (χ3v) is 3.04. The average Bonchev–Trinajstić information content (AvgIpc) is 2.40. The van der Waals surface area contributed by atoms with Crippen LogP contribution in [0.4, 0.5) is 0 Å². The van der Waals surface area contributed by atoms with Crippen LogP contribution in [0.2, 0.25) is 0 Å². The average molecular weight is 272 g/mol. The Morgan fingerprint density at radius 3 is 2.42 bits per heavy atom. The minimum atomic E-state index is -0.477. The monoisotopic (exact) mass is 272 g/mol. The summed E-state index contributed by atoms with van der Waals surface area (Å²) in [4.78, 5) is 0. The maximum absolute atomic E-state index is 9.61. The minimum absolute atomic E-state index is 0.477. The topological polar surface area (TPSA) is 87.5 Å². The van der Waals surface area contributed by atoms with Gasteiger partial charge < -0.3 is 15.8 Å². The lowest BCUT2D eigenvalue weighted by molar-refractivity contribution is 0.143. The van der Waals surface area contributed by atoms with Gasteiger partial charge in [0.1, 0.15) is 6.23 Å². The molecule has 19 heavy (non-hydrogen) atoms. The van der Waals surface area contributed by atoms with Crippen molar-refractivity contribution in [3.8, 4) is 0 Å². The van der Waals surface area contributed by atoms with Gasteiger partial charge in [0.05, 0.1) is 0 Å². The maximum Gasteiger partial charge on any atom is 0.108 e. The molecule has 0 fully saturated rings. The minimum Gasteiger partial charge on any atom is -0.378 e. The van der Waals surface area contributed by atoms with E-state index >= 15 is 0 Å². The highest BCUT2D eigenvalue weighted by Gasteiger charge is 2.18. The number of hydrogen-bond acceptors (Lipinski definition) is 5. The number of nitrogens with two attached hydrogens (primary N) is 2. The zero-order valence-electron chi connectivity index (χ0n) is 12.8. The summed E-state index contributed by atoms with van der Waals surface area (Å²) in [5, 5.41) is 14.2. The number of aliphatic hydroxyl groups excluding tert-OH is 1. The van der Waals surface area contributed by atoms with Crippen molar-refractivity contribution < 1.29 is 5.11 Å². The quantitative estimate of drug-likeness (QED) is 0.332. The van der Waals surface area contributed by atoms with Gasteiger partial charge in [-0.3, -0.25) is 5.32 Å². The van der Waals surface area contributed by atoms with E-state index in [4.69, 9.17) is 11.6 Å². The molecule has 6 N–H and O–H groups in total. The van der Waals surface area contributed by atoms with E-state index in [0.29, 0.717) is 19.5 Å². The van der Waals surface area contributed by atoms with E-state index < -0.39 is 6.23 Å². The Labute approximate surface area is 118 Å². The summed E-state index contributed by atoms with van der Waals surface area (Å²) < 4.78 is 0.